The number of esters is 1. The van der Waals surface area contributed by atoms with Gasteiger partial charge in [-0.2, -0.15) is 0 Å². The fourth-order valence-corrected chi connectivity index (χ4v) is 1.69. The van der Waals surface area contributed by atoms with Crippen LogP contribution in [0.4, 0.5) is 0 Å². The number of ether oxygens (including phenoxy) is 1. The van der Waals surface area contributed by atoms with Crippen LogP contribution >= 0.6 is 11.6 Å². The average molecular weight is 220 g/mol. The highest BCUT2D eigenvalue weighted by atomic mass is 35.5. The van der Waals surface area contributed by atoms with Gasteiger partial charge in [-0.15, -0.1) is 11.6 Å². The fourth-order valence-electron chi connectivity index (χ4n) is 1.37. The van der Waals surface area contributed by atoms with Crippen LogP contribution in [0, 0.1) is 0 Å². The van der Waals surface area contributed by atoms with Crippen LogP contribution in [0.5, 0.6) is 0 Å². The van der Waals surface area contributed by atoms with E-state index < -0.39 is 16.9 Å². The summed E-state index contributed by atoms with van der Waals surface area (Å²) in [5, 5.41) is 3.19. The third-order valence-corrected chi connectivity index (χ3v) is 2.94. The smallest absolute Gasteiger partial charge is 0.355 e. The molecule has 0 aromatic rings. The van der Waals surface area contributed by atoms with Crippen LogP contribution in [0.1, 0.15) is 27.2 Å². The van der Waals surface area contributed by atoms with E-state index in [-0.39, 0.29) is 0 Å². The van der Waals surface area contributed by atoms with E-state index in [1.165, 1.54) is 0 Å². The highest BCUT2D eigenvalue weighted by Crippen LogP contribution is 2.33. The van der Waals surface area contributed by atoms with E-state index >= 15 is 0 Å². The van der Waals surface area contributed by atoms with Gasteiger partial charge in [-0.05, 0) is 20.3 Å². The van der Waals surface area contributed by atoms with Gasteiger partial charge in [0.25, 0.3) is 5.60 Å². The van der Waals surface area contributed by atoms with Crippen molar-refractivity contribution in [3.8, 4) is 0 Å². The fraction of sp³-hybridized carbons (Fsp3) is 0.778. The van der Waals surface area contributed by atoms with Gasteiger partial charge in [0.05, 0.1) is 12.3 Å². The van der Waals surface area contributed by atoms with Crippen LogP contribution in [0.15, 0.2) is 5.16 Å². The van der Waals surface area contributed by atoms with Crippen molar-refractivity contribution in [3.63, 3.8) is 0 Å². The molecule has 4 nitrogen and oxygen atoms in total. The first kappa shape index (κ1) is 11.3. The van der Waals surface area contributed by atoms with Crippen molar-refractivity contribution >= 4 is 23.3 Å². The summed E-state index contributed by atoms with van der Waals surface area (Å²) < 4.78 is 4.92. The van der Waals surface area contributed by atoms with Crippen molar-refractivity contribution in [2.24, 2.45) is 5.16 Å². The summed E-state index contributed by atoms with van der Waals surface area (Å²) in [7, 11) is 0. The summed E-state index contributed by atoms with van der Waals surface area (Å²) in [6.07, 6.45) is 0.445. The van der Waals surface area contributed by atoms with Gasteiger partial charge < -0.3 is 9.57 Å². The second-order valence-corrected chi connectivity index (χ2v) is 3.59. The summed E-state index contributed by atoms with van der Waals surface area (Å²) in [6, 6.07) is 0. The molecule has 0 fully saturated rings. The number of carbonyl (C=O) groups excluding carboxylic acids is 1. The highest BCUT2D eigenvalue weighted by molar-refractivity contribution is 6.34. The maximum Gasteiger partial charge on any atom is 0.355 e. The van der Waals surface area contributed by atoms with Crippen LogP contribution in [0.2, 0.25) is 0 Å². The molecule has 0 bridgehead atoms. The van der Waals surface area contributed by atoms with Gasteiger partial charge in [-0.3, -0.25) is 0 Å². The normalized spacial score (nSPS) is 30.9. The number of carbonyl (C=O) groups is 1. The molecule has 80 valence electrons. The Morgan fingerprint density at radius 2 is 2.36 bits per heavy atom. The molecule has 14 heavy (non-hydrogen) atoms. The van der Waals surface area contributed by atoms with Crippen molar-refractivity contribution in [2.45, 2.75) is 38.2 Å². The maximum atomic E-state index is 11.6. The predicted octanol–water partition coefficient (Wildman–Crippen LogP) is 1.71. The molecule has 0 spiro atoms. The summed E-state index contributed by atoms with van der Waals surface area (Å²) in [4.78, 5) is 16.8. The Morgan fingerprint density at radius 1 is 1.71 bits per heavy atom. The highest BCUT2D eigenvalue weighted by Gasteiger charge is 2.53. The number of oxime groups is 1. The van der Waals surface area contributed by atoms with Crippen LogP contribution in [0.3, 0.4) is 0 Å². The zero-order valence-corrected chi connectivity index (χ0v) is 9.30. The molecule has 0 aromatic carbocycles. The Labute approximate surface area is 88.2 Å². The number of nitrogens with zero attached hydrogens (tertiary/aromatic N) is 1. The molecule has 0 radical (unpaired) electrons. The molecule has 1 heterocycles. The summed E-state index contributed by atoms with van der Waals surface area (Å²) >= 11 is 6.06. The quantitative estimate of drug-likeness (QED) is 0.536. The third-order valence-electron chi connectivity index (χ3n) is 2.27. The lowest BCUT2D eigenvalue weighted by Crippen LogP contribution is -2.48. The molecular weight excluding hydrogens is 206 g/mol. The van der Waals surface area contributed by atoms with Gasteiger partial charge in [0.15, 0.2) is 0 Å². The molecule has 2 atom stereocenters. The lowest BCUT2D eigenvalue weighted by molar-refractivity contribution is -0.168. The van der Waals surface area contributed by atoms with E-state index in [1.807, 2.05) is 6.92 Å². The van der Waals surface area contributed by atoms with E-state index in [9.17, 15) is 4.79 Å². The van der Waals surface area contributed by atoms with Gasteiger partial charge >= 0.3 is 5.97 Å². The molecule has 0 saturated carbocycles. The van der Waals surface area contributed by atoms with Gasteiger partial charge in [-0.25, -0.2) is 4.79 Å². The lowest BCUT2D eigenvalue weighted by Gasteiger charge is -2.25. The molecule has 0 aromatic heterocycles. The third kappa shape index (κ3) is 1.59. The first-order valence-corrected chi connectivity index (χ1v) is 5.06. The molecule has 2 unspecified atom stereocenters. The standard InChI is InChI=1S/C9H14ClNO3/c1-4-9(8(12)13-5-2)7(10)6(3)11-14-9/h7H,4-5H2,1-3H3. The monoisotopic (exact) mass is 219 g/mol. The minimum atomic E-state index is -1.12. The SMILES string of the molecule is CCOC(=O)C1(CC)ON=C(C)C1Cl. The van der Waals surface area contributed by atoms with E-state index in [1.54, 1.807) is 13.8 Å². The molecule has 0 amide bonds. The molecule has 0 N–H and O–H groups in total. The van der Waals surface area contributed by atoms with Crippen molar-refractivity contribution in [2.75, 3.05) is 6.61 Å². The Kier molecular flexibility index (Phi) is 3.37. The van der Waals surface area contributed by atoms with Crippen LogP contribution in [-0.4, -0.2) is 29.3 Å². The molecule has 0 saturated heterocycles. The Balaban J connectivity index is 2.84. The molecule has 5 heteroatoms. The van der Waals surface area contributed by atoms with E-state index in [2.05, 4.69) is 5.16 Å². The minimum absolute atomic E-state index is 0.312. The van der Waals surface area contributed by atoms with Crippen molar-refractivity contribution in [1.82, 2.24) is 0 Å². The number of rotatable bonds is 3. The maximum absolute atomic E-state index is 11.6. The molecule has 1 rings (SSSR count). The van der Waals surface area contributed by atoms with Crippen molar-refractivity contribution < 1.29 is 14.4 Å². The topological polar surface area (TPSA) is 47.9 Å². The summed E-state index contributed by atoms with van der Waals surface area (Å²) in [5.74, 6) is -0.442. The first-order valence-electron chi connectivity index (χ1n) is 4.62. The van der Waals surface area contributed by atoms with Crippen LogP contribution in [-0.2, 0) is 14.4 Å². The lowest BCUT2D eigenvalue weighted by atomic mass is 9.94. The largest absolute Gasteiger partial charge is 0.463 e. The number of alkyl halides is 1. The van der Waals surface area contributed by atoms with E-state index in [4.69, 9.17) is 21.2 Å². The van der Waals surface area contributed by atoms with E-state index in [0.29, 0.717) is 18.7 Å². The second-order valence-electron chi connectivity index (χ2n) is 3.15. The summed E-state index contributed by atoms with van der Waals surface area (Å²) in [6.45, 7) is 5.61. The first-order chi connectivity index (χ1) is 6.58. The van der Waals surface area contributed by atoms with Crippen LogP contribution < -0.4 is 0 Å². The van der Waals surface area contributed by atoms with E-state index in [0.717, 1.165) is 0 Å². The zero-order chi connectivity index (χ0) is 10.8. The van der Waals surface area contributed by atoms with Crippen molar-refractivity contribution in [1.29, 1.82) is 0 Å². The number of halogens is 1. The minimum Gasteiger partial charge on any atom is -0.463 e. The number of hydrogen-bond acceptors (Lipinski definition) is 4. The van der Waals surface area contributed by atoms with Gasteiger partial charge in [0.1, 0.15) is 5.38 Å². The molecule has 1 aliphatic heterocycles. The Hall–Kier alpha value is -0.770. The number of hydrogen-bond donors (Lipinski definition) is 0. The average Bonchev–Trinajstić information content (AvgIpc) is 2.46. The Bertz CT molecular complexity index is 267. The second kappa shape index (κ2) is 4.17. The molecule has 1 aliphatic rings. The van der Waals surface area contributed by atoms with Gasteiger partial charge in [-0.1, -0.05) is 12.1 Å². The zero-order valence-electron chi connectivity index (χ0n) is 8.54. The summed E-state index contributed by atoms with van der Waals surface area (Å²) in [5.41, 5.74) is -0.511. The Morgan fingerprint density at radius 3 is 2.71 bits per heavy atom. The van der Waals surface area contributed by atoms with Crippen molar-refractivity contribution in [3.05, 3.63) is 0 Å². The molecule has 0 aliphatic carbocycles. The van der Waals surface area contributed by atoms with Crippen LogP contribution in [0.25, 0.3) is 0 Å². The van der Waals surface area contributed by atoms with Gasteiger partial charge in [0.2, 0.25) is 0 Å². The predicted molar refractivity (Wildman–Crippen MR) is 53.5 cm³/mol. The molecular formula is C9H14ClNO3. The van der Waals surface area contributed by atoms with Gasteiger partial charge in [0, 0.05) is 0 Å².